The quantitative estimate of drug-likeness (QED) is 0.0516. The van der Waals surface area contributed by atoms with Gasteiger partial charge < -0.3 is 18.9 Å². The Kier molecular flexibility index (Phi) is 37.0. The van der Waals surface area contributed by atoms with Gasteiger partial charge in [0, 0.05) is 19.6 Å². The standard InChI is InChI=1S/C38H76O5/c1-4-5-6-7-8-9-16-19-22-25-30-40-33-35-42-36-34-41-31-27-29-38(39)43-32-26-23-20-17-14-12-10-11-13-15-18-21-24-28-37(2)3/h37H,4-36H2,1-3H3. The maximum atomic E-state index is 11.9. The molecule has 0 bridgehead atoms. The fourth-order valence-electron chi connectivity index (χ4n) is 5.41. The smallest absolute Gasteiger partial charge is 0.305 e. The van der Waals surface area contributed by atoms with Gasteiger partial charge in [-0.25, -0.2) is 0 Å². The summed E-state index contributed by atoms with van der Waals surface area (Å²) in [7, 11) is 0. The largest absolute Gasteiger partial charge is 0.466 e. The molecule has 0 fully saturated rings. The fraction of sp³-hybridized carbons (Fsp3) is 0.974. The topological polar surface area (TPSA) is 54.0 Å². The van der Waals surface area contributed by atoms with Crippen molar-refractivity contribution in [2.45, 2.75) is 188 Å². The van der Waals surface area contributed by atoms with Crippen LogP contribution in [0.1, 0.15) is 188 Å². The third-order valence-corrected chi connectivity index (χ3v) is 8.24. The van der Waals surface area contributed by atoms with Crippen LogP contribution in [0.25, 0.3) is 0 Å². The van der Waals surface area contributed by atoms with Crippen LogP contribution in [0.2, 0.25) is 0 Å². The summed E-state index contributed by atoms with van der Waals surface area (Å²) in [5, 5.41) is 0. The normalized spacial score (nSPS) is 11.5. The van der Waals surface area contributed by atoms with Gasteiger partial charge in [-0.05, 0) is 25.2 Å². The summed E-state index contributed by atoms with van der Waals surface area (Å²) < 4.78 is 22.2. The first-order valence-corrected chi connectivity index (χ1v) is 19.1. The third kappa shape index (κ3) is 39.3. The number of carbonyl (C=O) groups is 1. The van der Waals surface area contributed by atoms with Gasteiger partial charge in [-0.3, -0.25) is 4.79 Å². The second kappa shape index (κ2) is 37.5. The number of unbranched alkanes of at least 4 members (excludes halogenated alkanes) is 21. The summed E-state index contributed by atoms with van der Waals surface area (Å²) in [4.78, 5) is 11.9. The SMILES string of the molecule is CCCCCCCCCCCCOCCOCCOCCCC(=O)OCCCCCCCCCCCCCCCC(C)C. The van der Waals surface area contributed by atoms with E-state index in [0.29, 0.717) is 52.5 Å². The van der Waals surface area contributed by atoms with Crippen LogP contribution in [-0.4, -0.2) is 52.2 Å². The van der Waals surface area contributed by atoms with Gasteiger partial charge in [-0.15, -0.1) is 0 Å². The van der Waals surface area contributed by atoms with Crippen LogP contribution < -0.4 is 0 Å². The second-order valence-corrected chi connectivity index (χ2v) is 13.1. The molecule has 43 heavy (non-hydrogen) atoms. The Morgan fingerprint density at radius 1 is 0.419 bits per heavy atom. The molecule has 0 aliphatic rings. The Labute approximate surface area is 269 Å². The van der Waals surface area contributed by atoms with E-state index in [9.17, 15) is 4.79 Å². The van der Waals surface area contributed by atoms with Gasteiger partial charge in [-0.2, -0.15) is 0 Å². The van der Waals surface area contributed by atoms with E-state index in [-0.39, 0.29) is 5.97 Å². The molecule has 0 aromatic rings. The van der Waals surface area contributed by atoms with Crippen LogP contribution in [0.5, 0.6) is 0 Å². The third-order valence-electron chi connectivity index (χ3n) is 8.24. The number of ether oxygens (including phenoxy) is 4. The van der Waals surface area contributed by atoms with Crippen LogP contribution in [0.15, 0.2) is 0 Å². The van der Waals surface area contributed by atoms with Crippen molar-refractivity contribution in [3.8, 4) is 0 Å². The highest BCUT2D eigenvalue weighted by atomic mass is 16.5. The molecule has 0 unspecified atom stereocenters. The predicted octanol–water partition coefficient (Wildman–Crippen LogP) is 11.4. The van der Waals surface area contributed by atoms with Crippen molar-refractivity contribution in [1.82, 2.24) is 0 Å². The summed E-state index contributed by atoms with van der Waals surface area (Å²) in [6, 6.07) is 0. The van der Waals surface area contributed by atoms with Crippen molar-refractivity contribution >= 4 is 5.97 Å². The van der Waals surface area contributed by atoms with Crippen LogP contribution in [-0.2, 0) is 23.7 Å². The Bertz CT molecular complexity index is 524. The molecule has 0 saturated heterocycles. The van der Waals surface area contributed by atoms with E-state index < -0.39 is 0 Å². The van der Waals surface area contributed by atoms with Gasteiger partial charge >= 0.3 is 5.97 Å². The Hall–Kier alpha value is -0.650. The molecule has 0 radical (unpaired) electrons. The summed E-state index contributed by atoms with van der Waals surface area (Å²) in [6.07, 6.45) is 33.4. The highest BCUT2D eigenvalue weighted by molar-refractivity contribution is 5.69. The molecule has 0 heterocycles. The van der Waals surface area contributed by atoms with Crippen molar-refractivity contribution in [2.75, 3.05) is 46.2 Å². The lowest BCUT2D eigenvalue weighted by Gasteiger charge is -2.07. The molecule has 0 aliphatic carbocycles. The summed E-state index contributed by atoms with van der Waals surface area (Å²) in [5.74, 6) is 0.765. The van der Waals surface area contributed by atoms with Crippen molar-refractivity contribution < 1.29 is 23.7 Å². The lowest BCUT2D eigenvalue weighted by molar-refractivity contribution is -0.144. The van der Waals surface area contributed by atoms with Gasteiger partial charge in [-0.1, -0.05) is 162 Å². The zero-order valence-electron chi connectivity index (χ0n) is 29.5. The number of rotatable bonds is 37. The minimum absolute atomic E-state index is 0.0978. The van der Waals surface area contributed by atoms with E-state index in [0.717, 1.165) is 31.8 Å². The second-order valence-electron chi connectivity index (χ2n) is 13.1. The maximum Gasteiger partial charge on any atom is 0.305 e. The van der Waals surface area contributed by atoms with Gasteiger partial charge in [0.1, 0.15) is 0 Å². The number of esters is 1. The van der Waals surface area contributed by atoms with Crippen LogP contribution in [0.3, 0.4) is 0 Å². The summed E-state index contributed by atoms with van der Waals surface area (Å²) in [6.45, 7) is 11.3. The van der Waals surface area contributed by atoms with Crippen molar-refractivity contribution in [3.05, 3.63) is 0 Å². The van der Waals surface area contributed by atoms with Crippen molar-refractivity contribution in [1.29, 1.82) is 0 Å². The molecule has 0 aromatic carbocycles. The molecular formula is C38H76O5. The minimum Gasteiger partial charge on any atom is -0.466 e. The van der Waals surface area contributed by atoms with E-state index in [2.05, 4.69) is 20.8 Å². The molecule has 5 nitrogen and oxygen atoms in total. The van der Waals surface area contributed by atoms with E-state index in [1.807, 2.05) is 0 Å². The van der Waals surface area contributed by atoms with Crippen molar-refractivity contribution in [2.24, 2.45) is 5.92 Å². The molecule has 0 saturated carbocycles. The van der Waals surface area contributed by atoms with Gasteiger partial charge in [0.2, 0.25) is 0 Å². The molecular weight excluding hydrogens is 536 g/mol. The molecule has 0 aromatic heterocycles. The monoisotopic (exact) mass is 613 g/mol. The number of hydrogen-bond donors (Lipinski definition) is 0. The predicted molar refractivity (Wildman–Crippen MR) is 184 cm³/mol. The first kappa shape index (κ1) is 42.3. The molecule has 5 heteroatoms. The lowest BCUT2D eigenvalue weighted by Crippen LogP contribution is -2.11. The summed E-state index contributed by atoms with van der Waals surface area (Å²) in [5.41, 5.74) is 0. The first-order valence-electron chi connectivity index (χ1n) is 19.1. The number of hydrogen-bond acceptors (Lipinski definition) is 5. The van der Waals surface area contributed by atoms with Gasteiger partial charge in [0.05, 0.1) is 33.0 Å². The number of carbonyl (C=O) groups excluding carboxylic acids is 1. The maximum absolute atomic E-state index is 11.9. The van der Waals surface area contributed by atoms with E-state index in [4.69, 9.17) is 18.9 Å². The van der Waals surface area contributed by atoms with Gasteiger partial charge in [0.25, 0.3) is 0 Å². The highest BCUT2D eigenvalue weighted by Gasteiger charge is 2.03. The Morgan fingerprint density at radius 3 is 1.21 bits per heavy atom. The zero-order chi connectivity index (χ0) is 31.3. The molecule has 0 rings (SSSR count). The Balaban J connectivity index is 3.15. The van der Waals surface area contributed by atoms with Crippen LogP contribution >= 0.6 is 0 Å². The summed E-state index contributed by atoms with van der Waals surface area (Å²) >= 11 is 0. The van der Waals surface area contributed by atoms with E-state index >= 15 is 0 Å². The molecule has 258 valence electrons. The molecule has 0 amide bonds. The molecule has 0 atom stereocenters. The van der Waals surface area contributed by atoms with E-state index in [1.54, 1.807) is 0 Å². The van der Waals surface area contributed by atoms with Crippen LogP contribution in [0.4, 0.5) is 0 Å². The van der Waals surface area contributed by atoms with E-state index in [1.165, 1.54) is 135 Å². The highest BCUT2D eigenvalue weighted by Crippen LogP contribution is 2.14. The van der Waals surface area contributed by atoms with Crippen molar-refractivity contribution in [3.63, 3.8) is 0 Å². The first-order chi connectivity index (χ1) is 21.2. The Morgan fingerprint density at radius 2 is 0.767 bits per heavy atom. The average molecular weight is 613 g/mol. The fourth-order valence-corrected chi connectivity index (χ4v) is 5.41. The average Bonchev–Trinajstić information content (AvgIpc) is 2.99. The molecule has 0 N–H and O–H groups in total. The zero-order valence-corrected chi connectivity index (χ0v) is 29.5. The van der Waals surface area contributed by atoms with Gasteiger partial charge in [0.15, 0.2) is 0 Å². The minimum atomic E-state index is -0.0978. The molecule has 0 aliphatic heterocycles. The molecule has 0 spiro atoms. The lowest BCUT2D eigenvalue weighted by atomic mass is 10.0. The van der Waals surface area contributed by atoms with Crippen LogP contribution in [0, 0.1) is 5.92 Å².